The summed E-state index contributed by atoms with van der Waals surface area (Å²) in [6.07, 6.45) is 8.68. The Bertz CT molecular complexity index is 1650. The lowest BCUT2D eigenvalue weighted by atomic mass is 10.0. The summed E-state index contributed by atoms with van der Waals surface area (Å²) in [5.41, 5.74) is 4.48. The lowest BCUT2D eigenvalue weighted by Crippen LogP contribution is -2.18. The first kappa shape index (κ1) is 20.8. The molecule has 0 radical (unpaired) electrons. The van der Waals surface area contributed by atoms with Gasteiger partial charge in [-0.05, 0) is 50.5 Å². The lowest BCUT2D eigenvalue weighted by Gasteiger charge is -2.11. The van der Waals surface area contributed by atoms with E-state index in [-0.39, 0.29) is 5.43 Å². The second kappa shape index (κ2) is 8.00. The first-order valence-electron chi connectivity index (χ1n) is 11.8. The van der Waals surface area contributed by atoms with Gasteiger partial charge in [-0.25, -0.2) is 14.6 Å². The average molecular weight is 483 g/mol. The van der Waals surface area contributed by atoms with Crippen molar-refractivity contribution in [3.8, 4) is 16.3 Å². The molecule has 7 rings (SSSR count). The number of ether oxygens (including phenoxy) is 1. The maximum atomic E-state index is 13.5. The molecule has 0 amide bonds. The molecular weight excluding hydrogens is 460 g/mol. The Morgan fingerprint density at radius 1 is 1.00 bits per heavy atom. The Hall–Kier alpha value is -3.56. The zero-order valence-corrected chi connectivity index (χ0v) is 20.0. The van der Waals surface area contributed by atoms with Gasteiger partial charge in [0.1, 0.15) is 0 Å². The average Bonchev–Trinajstić information content (AvgIpc) is 3.41. The standard InChI is InChI=1S/C26H22N6O2S/c1-14-10-29-24-25(33)23(22-8-17-11-27-20(9-21(17)35-22)16-6-7-34-13-16)31-32(26(24)30-14)18-4-5-19(28-12-18)15-2-3-15/h4-5,8-12,15-16H,2-3,6-7,13H2,1H3/t16-/m0/s1. The van der Waals surface area contributed by atoms with Crippen molar-refractivity contribution < 1.29 is 4.74 Å². The summed E-state index contributed by atoms with van der Waals surface area (Å²) in [5.74, 6) is 0.888. The van der Waals surface area contributed by atoms with Crippen LogP contribution in [0.5, 0.6) is 0 Å². The van der Waals surface area contributed by atoms with Gasteiger partial charge < -0.3 is 4.74 Å². The van der Waals surface area contributed by atoms with Crippen LogP contribution in [0.2, 0.25) is 0 Å². The molecule has 9 heteroatoms. The van der Waals surface area contributed by atoms with Gasteiger partial charge in [0.05, 0.1) is 29.1 Å². The normalized spacial score (nSPS) is 18.0. The number of thiophene rings is 1. The summed E-state index contributed by atoms with van der Waals surface area (Å²) in [4.78, 5) is 32.7. The van der Waals surface area contributed by atoms with Crippen LogP contribution in [0.4, 0.5) is 0 Å². The van der Waals surface area contributed by atoms with E-state index in [2.05, 4.69) is 26.0 Å². The van der Waals surface area contributed by atoms with Crippen molar-refractivity contribution >= 4 is 32.6 Å². The number of hydrogen-bond acceptors (Lipinski definition) is 8. The van der Waals surface area contributed by atoms with E-state index >= 15 is 0 Å². The quantitative estimate of drug-likeness (QED) is 0.371. The van der Waals surface area contributed by atoms with Gasteiger partial charge in [-0.15, -0.1) is 11.3 Å². The molecule has 0 aromatic carbocycles. The number of aryl methyl sites for hydroxylation is 1. The highest BCUT2D eigenvalue weighted by Gasteiger charge is 2.25. The van der Waals surface area contributed by atoms with Crippen molar-refractivity contribution in [1.82, 2.24) is 29.7 Å². The number of hydrogen-bond donors (Lipinski definition) is 0. The minimum Gasteiger partial charge on any atom is -0.381 e. The second-order valence-corrected chi connectivity index (χ2v) is 10.4. The van der Waals surface area contributed by atoms with Gasteiger partial charge in [-0.3, -0.25) is 14.8 Å². The third kappa shape index (κ3) is 3.62. The molecule has 1 saturated carbocycles. The van der Waals surface area contributed by atoms with Crippen molar-refractivity contribution in [2.45, 2.75) is 38.0 Å². The predicted octanol–water partition coefficient (Wildman–Crippen LogP) is 4.54. The molecule has 1 saturated heterocycles. The van der Waals surface area contributed by atoms with Gasteiger partial charge in [-0.2, -0.15) is 5.10 Å². The first-order chi connectivity index (χ1) is 17.1. The third-order valence-electron chi connectivity index (χ3n) is 6.72. The Morgan fingerprint density at radius 3 is 2.66 bits per heavy atom. The fourth-order valence-corrected chi connectivity index (χ4v) is 5.68. The molecule has 0 bridgehead atoms. The summed E-state index contributed by atoms with van der Waals surface area (Å²) < 4.78 is 8.31. The van der Waals surface area contributed by atoms with Crippen LogP contribution >= 0.6 is 11.3 Å². The Labute approximate surface area is 204 Å². The van der Waals surface area contributed by atoms with Gasteiger partial charge in [0, 0.05) is 52.3 Å². The van der Waals surface area contributed by atoms with Gasteiger partial charge >= 0.3 is 0 Å². The zero-order chi connectivity index (χ0) is 23.5. The van der Waals surface area contributed by atoms with Gasteiger partial charge in [0.25, 0.3) is 0 Å². The number of aromatic nitrogens is 6. The van der Waals surface area contributed by atoms with Crippen LogP contribution in [-0.4, -0.2) is 42.9 Å². The molecule has 35 heavy (non-hydrogen) atoms. The second-order valence-electron chi connectivity index (χ2n) is 9.31. The van der Waals surface area contributed by atoms with Crippen LogP contribution in [0.15, 0.2) is 47.7 Å². The van der Waals surface area contributed by atoms with E-state index in [9.17, 15) is 4.79 Å². The highest BCUT2D eigenvalue weighted by atomic mass is 32.1. The molecule has 1 aliphatic carbocycles. The molecule has 0 spiro atoms. The van der Waals surface area contributed by atoms with Crippen molar-refractivity contribution in [1.29, 1.82) is 0 Å². The molecule has 5 aromatic heterocycles. The largest absolute Gasteiger partial charge is 0.381 e. The molecule has 6 heterocycles. The van der Waals surface area contributed by atoms with Gasteiger partial charge in [0.2, 0.25) is 5.43 Å². The number of nitrogens with zero attached hydrogens (tertiary/aromatic N) is 6. The fourth-order valence-electron chi connectivity index (χ4n) is 4.62. The first-order valence-corrected chi connectivity index (χ1v) is 12.7. The summed E-state index contributed by atoms with van der Waals surface area (Å²) in [7, 11) is 0. The molecule has 8 nitrogen and oxygen atoms in total. The zero-order valence-electron chi connectivity index (χ0n) is 19.1. The minimum atomic E-state index is -0.227. The van der Waals surface area contributed by atoms with E-state index in [0.29, 0.717) is 35.3 Å². The molecule has 2 aliphatic rings. The van der Waals surface area contributed by atoms with Crippen molar-refractivity contribution in [3.63, 3.8) is 0 Å². The summed E-state index contributed by atoms with van der Waals surface area (Å²) in [6, 6.07) is 8.14. The fraction of sp³-hybridized carbons (Fsp3) is 0.308. The minimum absolute atomic E-state index is 0.227. The highest BCUT2D eigenvalue weighted by Crippen LogP contribution is 2.39. The van der Waals surface area contributed by atoms with Crippen LogP contribution in [-0.2, 0) is 4.74 Å². The molecule has 5 aromatic rings. The highest BCUT2D eigenvalue weighted by molar-refractivity contribution is 7.22. The van der Waals surface area contributed by atoms with Crippen molar-refractivity contribution in [2.24, 2.45) is 0 Å². The number of pyridine rings is 2. The maximum absolute atomic E-state index is 13.5. The Kier molecular flexibility index (Phi) is 4.75. The Balaban J connectivity index is 1.39. The van der Waals surface area contributed by atoms with E-state index < -0.39 is 0 Å². The lowest BCUT2D eigenvalue weighted by molar-refractivity contribution is 0.193. The maximum Gasteiger partial charge on any atom is 0.236 e. The third-order valence-corrected chi connectivity index (χ3v) is 7.82. The van der Waals surface area contributed by atoms with Crippen LogP contribution in [0.25, 0.3) is 37.5 Å². The van der Waals surface area contributed by atoms with E-state index in [1.807, 2.05) is 37.5 Å². The summed E-state index contributed by atoms with van der Waals surface area (Å²) >= 11 is 1.55. The van der Waals surface area contributed by atoms with Crippen LogP contribution in [0.1, 0.15) is 48.2 Å². The van der Waals surface area contributed by atoms with E-state index in [1.165, 1.54) is 12.8 Å². The molecule has 0 unspecified atom stereocenters. The van der Waals surface area contributed by atoms with E-state index in [0.717, 1.165) is 50.8 Å². The molecule has 174 valence electrons. The van der Waals surface area contributed by atoms with Crippen LogP contribution in [0.3, 0.4) is 0 Å². The molecule has 1 aliphatic heterocycles. The molecule has 1 atom stereocenters. The molecule has 2 fully saturated rings. The van der Waals surface area contributed by atoms with Crippen LogP contribution < -0.4 is 5.43 Å². The number of fused-ring (bicyclic) bond motifs is 2. The van der Waals surface area contributed by atoms with E-state index in [4.69, 9.17) is 9.84 Å². The topological polar surface area (TPSA) is 95.7 Å². The molecule has 0 N–H and O–H groups in total. The summed E-state index contributed by atoms with van der Waals surface area (Å²) in [6.45, 7) is 3.34. The smallest absolute Gasteiger partial charge is 0.236 e. The van der Waals surface area contributed by atoms with Gasteiger partial charge in [0.15, 0.2) is 16.9 Å². The monoisotopic (exact) mass is 482 g/mol. The number of rotatable bonds is 4. The Morgan fingerprint density at radius 2 is 1.89 bits per heavy atom. The SMILES string of the molecule is Cc1cnc2c(=O)c(-c3cc4cnc([C@H]5CCOC5)cc4s3)nn(-c3ccc(C4CC4)nc3)c2n1. The van der Waals surface area contributed by atoms with Gasteiger partial charge in [-0.1, -0.05) is 0 Å². The van der Waals surface area contributed by atoms with Crippen LogP contribution in [0, 0.1) is 6.92 Å². The summed E-state index contributed by atoms with van der Waals surface area (Å²) in [5, 5.41) is 5.79. The van der Waals surface area contributed by atoms with Crippen molar-refractivity contribution in [2.75, 3.05) is 13.2 Å². The van der Waals surface area contributed by atoms with E-state index in [1.54, 1.807) is 22.2 Å². The predicted molar refractivity (Wildman–Crippen MR) is 134 cm³/mol. The molecular formula is C26H22N6O2S. The van der Waals surface area contributed by atoms with Crippen molar-refractivity contribution in [3.05, 3.63) is 70.2 Å².